The fourth-order valence-corrected chi connectivity index (χ4v) is 4.35. The third kappa shape index (κ3) is 6.18. The number of amides is 1. The molecule has 1 amide bonds. The van der Waals surface area contributed by atoms with Crippen LogP contribution < -0.4 is 10.2 Å². The quantitative estimate of drug-likeness (QED) is 0.377. The number of halogens is 1. The summed E-state index contributed by atoms with van der Waals surface area (Å²) >= 11 is 1.30. The summed E-state index contributed by atoms with van der Waals surface area (Å²) in [5, 5.41) is 13.7. The monoisotopic (exact) mass is 446 g/mol. The van der Waals surface area contributed by atoms with Crippen LogP contribution in [0.3, 0.4) is 0 Å². The maximum absolute atomic E-state index is 14.0. The fourth-order valence-electron chi connectivity index (χ4n) is 3.64. The molecule has 0 aromatic heterocycles. The zero-order valence-electron chi connectivity index (χ0n) is 17.7. The fraction of sp³-hybridized carbons (Fsp3) is 0.409. The molecule has 1 atom stereocenters. The van der Waals surface area contributed by atoms with Gasteiger partial charge in [-0.3, -0.25) is 14.9 Å². The average Bonchev–Trinajstić information content (AvgIpc) is 2.78. The largest absolute Gasteiger partial charge is 0.369 e. The third-order valence-corrected chi connectivity index (χ3v) is 6.42. The Morgan fingerprint density at radius 2 is 1.87 bits per heavy atom. The van der Waals surface area contributed by atoms with Crippen LogP contribution in [-0.4, -0.2) is 54.2 Å². The molecule has 1 heterocycles. The van der Waals surface area contributed by atoms with E-state index in [1.165, 1.54) is 36.0 Å². The molecule has 0 saturated carbocycles. The van der Waals surface area contributed by atoms with Crippen LogP contribution in [0.25, 0.3) is 0 Å². The first kappa shape index (κ1) is 23.0. The number of benzene rings is 2. The van der Waals surface area contributed by atoms with Crippen LogP contribution in [0.4, 0.5) is 15.8 Å². The molecule has 1 N–H and O–H groups in total. The second-order valence-electron chi connectivity index (χ2n) is 7.45. The Bertz CT molecular complexity index is 917. The van der Waals surface area contributed by atoms with E-state index in [0.717, 1.165) is 48.9 Å². The van der Waals surface area contributed by atoms with Gasteiger partial charge < -0.3 is 15.1 Å². The minimum absolute atomic E-state index is 0.0147. The third-order valence-electron chi connectivity index (χ3n) is 5.41. The van der Waals surface area contributed by atoms with Crippen molar-refractivity contribution in [3.05, 3.63) is 64.0 Å². The van der Waals surface area contributed by atoms with Crippen molar-refractivity contribution in [1.82, 2.24) is 10.2 Å². The lowest BCUT2D eigenvalue weighted by molar-refractivity contribution is -0.384. The molecule has 7 nitrogen and oxygen atoms in total. The molecule has 0 radical (unpaired) electrons. The Balaban J connectivity index is 1.61. The van der Waals surface area contributed by atoms with Crippen LogP contribution in [0, 0.1) is 15.9 Å². The van der Waals surface area contributed by atoms with Gasteiger partial charge in [0, 0.05) is 54.5 Å². The first-order valence-corrected chi connectivity index (χ1v) is 11.3. The van der Waals surface area contributed by atoms with Gasteiger partial charge in [-0.05, 0) is 43.8 Å². The van der Waals surface area contributed by atoms with Gasteiger partial charge in [0.05, 0.1) is 16.7 Å². The summed E-state index contributed by atoms with van der Waals surface area (Å²) in [4.78, 5) is 28.1. The number of thioether (sulfide) groups is 1. The van der Waals surface area contributed by atoms with Crippen LogP contribution in [0.1, 0.15) is 25.5 Å². The number of carbonyl (C=O) groups excluding carboxylic acids is 1. The highest BCUT2D eigenvalue weighted by atomic mass is 32.2. The van der Waals surface area contributed by atoms with Crippen LogP contribution in [0.5, 0.6) is 0 Å². The number of hydrogen-bond donors (Lipinski definition) is 1. The molecule has 2 aromatic carbocycles. The van der Waals surface area contributed by atoms with Gasteiger partial charge in [0.1, 0.15) is 5.82 Å². The molecule has 31 heavy (non-hydrogen) atoms. The molecular weight excluding hydrogens is 419 g/mol. The number of rotatable bonds is 8. The van der Waals surface area contributed by atoms with Gasteiger partial charge in [0.15, 0.2) is 0 Å². The van der Waals surface area contributed by atoms with Crippen molar-refractivity contribution in [3.8, 4) is 0 Å². The van der Waals surface area contributed by atoms with Crippen molar-refractivity contribution in [2.45, 2.75) is 24.8 Å². The summed E-state index contributed by atoms with van der Waals surface area (Å²) in [6.07, 6.45) is 0. The van der Waals surface area contributed by atoms with Crippen LogP contribution >= 0.6 is 11.8 Å². The number of nitro benzene ring substituents is 1. The Kier molecular flexibility index (Phi) is 7.86. The molecule has 0 bridgehead atoms. The van der Waals surface area contributed by atoms with E-state index >= 15 is 0 Å². The van der Waals surface area contributed by atoms with E-state index < -0.39 is 4.92 Å². The Labute approximate surface area is 185 Å². The standard InChI is InChI=1S/C22H27FN4O3S/c1-3-25-10-12-26(13-11-25)21-9-4-17(23)14-20(21)16(2)24-22(28)15-31-19-7-5-18(6-8-19)27(29)30/h4-9,14,16H,3,10-13,15H2,1-2H3,(H,24,28). The first-order chi connectivity index (χ1) is 14.9. The lowest BCUT2D eigenvalue weighted by Gasteiger charge is -2.37. The summed E-state index contributed by atoms with van der Waals surface area (Å²) in [6.45, 7) is 8.66. The normalized spacial score (nSPS) is 15.5. The smallest absolute Gasteiger partial charge is 0.269 e. The summed E-state index contributed by atoms with van der Waals surface area (Å²) < 4.78 is 14.0. The average molecular weight is 447 g/mol. The number of carbonyl (C=O) groups is 1. The van der Waals surface area contributed by atoms with E-state index in [-0.39, 0.29) is 29.2 Å². The molecule has 166 valence electrons. The molecule has 3 rings (SSSR count). The van der Waals surface area contributed by atoms with Gasteiger partial charge >= 0.3 is 0 Å². The second kappa shape index (κ2) is 10.6. The van der Waals surface area contributed by atoms with Crippen LogP contribution in [0.15, 0.2) is 47.4 Å². The van der Waals surface area contributed by atoms with Crippen molar-refractivity contribution >= 4 is 29.0 Å². The maximum Gasteiger partial charge on any atom is 0.269 e. The highest BCUT2D eigenvalue weighted by Gasteiger charge is 2.22. The second-order valence-corrected chi connectivity index (χ2v) is 8.50. The van der Waals surface area contributed by atoms with Gasteiger partial charge in [0.2, 0.25) is 5.91 Å². The highest BCUT2D eigenvalue weighted by molar-refractivity contribution is 8.00. The molecule has 1 fully saturated rings. The van der Waals surface area contributed by atoms with E-state index in [4.69, 9.17) is 0 Å². The molecule has 1 saturated heterocycles. The Morgan fingerprint density at radius 1 is 1.19 bits per heavy atom. The number of likely N-dealkylation sites (N-methyl/N-ethyl adjacent to an activating group) is 1. The number of piperazine rings is 1. The lowest BCUT2D eigenvalue weighted by atomic mass is 10.0. The van der Waals surface area contributed by atoms with E-state index in [1.54, 1.807) is 18.2 Å². The van der Waals surface area contributed by atoms with Crippen molar-refractivity contribution in [2.75, 3.05) is 43.4 Å². The number of anilines is 1. The highest BCUT2D eigenvalue weighted by Crippen LogP contribution is 2.29. The van der Waals surface area contributed by atoms with Crippen molar-refractivity contribution < 1.29 is 14.1 Å². The molecule has 0 aliphatic carbocycles. The molecule has 1 aliphatic rings. The summed E-state index contributed by atoms with van der Waals surface area (Å²) in [7, 11) is 0. The number of non-ortho nitro benzene ring substituents is 1. The number of hydrogen-bond acceptors (Lipinski definition) is 6. The number of nitrogens with one attached hydrogen (secondary N) is 1. The van der Waals surface area contributed by atoms with Crippen molar-refractivity contribution in [1.29, 1.82) is 0 Å². The molecule has 0 spiro atoms. The van der Waals surface area contributed by atoms with Gasteiger partial charge in [-0.15, -0.1) is 11.8 Å². The predicted octanol–water partition coefficient (Wildman–Crippen LogP) is 3.85. The van der Waals surface area contributed by atoms with Gasteiger partial charge in [-0.2, -0.15) is 0 Å². The van der Waals surface area contributed by atoms with E-state index in [0.29, 0.717) is 0 Å². The topological polar surface area (TPSA) is 78.7 Å². The Morgan fingerprint density at radius 3 is 2.48 bits per heavy atom. The van der Waals surface area contributed by atoms with Gasteiger partial charge in [-0.25, -0.2) is 4.39 Å². The van der Waals surface area contributed by atoms with Crippen LogP contribution in [0.2, 0.25) is 0 Å². The zero-order valence-corrected chi connectivity index (χ0v) is 18.5. The molecule has 9 heteroatoms. The maximum atomic E-state index is 14.0. The summed E-state index contributed by atoms with van der Waals surface area (Å²) in [5.74, 6) is -0.337. The number of nitro groups is 1. The van der Waals surface area contributed by atoms with E-state index in [1.807, 2.05) is 6.92 Å². The Hall–Kier alpha value is -2.65. The number of nitrogens with zero attached hydrogens (tertiary/aromatic N) is 3. The lowest BCUT2D eigenvalue weighted by Crippen LogP contribution is -2.46. The molecular formula is C22H27FN4O3S. The molecule has 2 aromatic rings. The minimum Gasteiger partial charge on any atom is -0.369 e. The summed E-state index contributed by atoms with van der Waals surface area (Å²) in [6, 6.07) is 10.5. The summed E-state index contributed by atoms with van der Waals surface area (Å²) in [5.41, 5.74) is 1.73. The van der Waals surface area contributed by atoms with E-state index in [9.17, 15) is 19.3 Å². The molecule has 1 unspecified atom stereocenters. The van der Waals surface area contributed by atoms with Gasteiger partial charge in [0.25, 0.3) is 5.69 Å². The molecule has 1 aliphatic heterocycles. The van der Waals surface area contributed by atoms with Crippen molar-refractivity contribution in [2.24, 2.45) is 0 Å². The van der Waals surface area contributed by atoms with E-state index in [2.05, 4.69) is 22.0 Å². The zero-order chi connectivity index (χ0) is 22.4. The first-order valence-electron chi connectivity index (χ1n) is 10.3. The minimum atomic E-state index is -0.457. The van der Waals surface area contributed by atoms with Crippen LogP contribution in [-0.2, 0) is 4.79 Å². The van der Waals surface area contributed by atoms with Crippen molar-refractivity contribution in [3.63, 3.8) is 0 Å². The SMILES string of the molecule is CCN1CCN(c2ccc(F)cc2C(C)NC(=O)CSc2ccc([N+](=O)[O-])cc2)CC1. The predicted molar refractivity (Wildman–Crippen MR) is 121 cm³/mol. The van der Waals surface area contributed by atoms with Gasteiger partial charge in [-0.1, -0.05) is 6.92 Å².